The normalized spacial score (nSPS) is 11.8. The van der Waals surface area contributed by atoms with Gasteiger partial charge in [-0.3, -0.25) is 0 Å². The minimum atomic E-state index is -3.86. The molecule has 3 aromatic carbocycles. The molecule has 1 heterocycles. The van der Waals surface area contributed by atoms with Crippen LogP contribution in [0.1, 0.15) is 94.6 Å². The van der Waals surface area contributed by atoms with E-state index in [9.17, 15) is 8.42 Å². The van der Waals surface area contributed by atoms with Gasteiger partial charge in [0.2, 0.25) is 0 Å². The molecule has 0 saturated heterocycles. The van der Waals surface area contributed by atoms with E-state index in [1.54, 1.807) is 63.9 Å². The molecule has 0 atom stereocenters. The Hall–Kier alpha value is -3.75. The lowest BCUT2D eigenvalue weighted by Gasteiger charge is -2.11. The first-order valence-electron chi connectivity index (χ1n) is 17.4. The lowest BCUT2D eigenvalue weighted by Crippen LogP contribution is -2.11. The van der Waals surface area contributed by atoms with Crippen LogP contribution < -0.4 is 14.2 Å². The number of benzene rings is 3. The van der Waals surface area contributed by atoms with E-state index in [-0.39, 0.29) is 4.90 Å². The molecule has 7 nitrogen and oxygen atoms in total. The van der Waals surface area contributed by atoms with Crippen molar-refractivity contribution in [3.63, 3.8) is 0 Å². The second-order valence-electron chi connectivity index (χ2n) is 12.2. The summed E-state index contributed by atoms with van der Waals surface area (Å²) in [5, 5.41) is 0.707. The van der Waals surface area contributed by atoms with Crippen molar-refractivity contribution in [3.05, 3.63) is 90.1 Å². The Morgan fingerprint density at radius 3 is 1.90 bits per heavy atom. The van der Waals surface area contributed by atoms with Crippen LogP contribution in [-0.2, 0) is 21.4 Å². The SMILES string of the molecule is COc1ccc(S(=O)(=O)n2cc(/C=C\CCCCCCCCCCCCCCOCc3ccccc3)c3c(OC)c(OC)ccc32)cc1. The molecule has 0 aliphatic carbocycles. The number of unbranched alkanes of at least 4 members (excludes halogenated alkanes) is 12. The van der Waals surface area contributed by atoms with Gasteiger partial charge in [0.05, 0.1) is 43.7 Å². The van der Waals surface area contributed by atoms with Crippen molar-refractivity contribution in [1.29, 1.82) is 0 Å². The van der Waals surface area contributed by atoms with Crippen LogP contribution in [0.2, 0.25) is 0 Å². The van der Waals surface area contributed by atoms with Crippen LogP contribution in [0.15, 0.2) is 83.9 Å². The highest BCUT2D eigenvalue weighted by Gasteiger charge is 2.24. The molecule has 0 bridgehead atoms. The molecule has 260 valence electrons. The van der Waals surface area contributed by atoms with Crippen molar-refractivity contribution >= 4 is 27.0 Å². The highest BCUT2D eigenvalue weighted by molar-refractivity contribution is 7.90. The molecule has 1 aromatic heterocycles. The van der Waals surface area contributed by atoms with Gasteiger partial charge < -0.3 is 18.9 Å². The summed E-state index contributed by atoms with van der Waals surface area (Å²) in [5.41, 5.74) is 2.55. The third-order valence-electron chi connectivity index (χ3n) is 8.74. The number of hydrogen-bond acceptors (Lipinski definition) is 6. The van der Waals surface area contributed by atoms with Crippen molar-refractivity contribution in [2.24, 2.45) is 0 Å². The maximum Gasteiger partial charge on any atom is 0.268 e. The Balaban J connectivity index is 1.15. The number of hydrogen-bond donors (Lipinski definition) is 0. The number of fused-ring (bicyclic) bond motifs is 1. The highest BCUT2D eigenvalue weighted by atomic mass is 32.2. The lowest BCUT2D eigenvalue weighted by molar-refractivity contribution is 0.116. The summed E-state index contributed by atoms with van der Waals surface area (Å²) >= 11 is 0. The molecule has 48 heavy (non-hydrogen) atoms. The summed E-state index contributed by atoms with van der Waals surface area (Å²) in [7, 11) is 0.852. The predicted octanol–water partition coefficient (Wildman–Crippen LogP) is 10.2. The molecule has 0 fully saturated rings. The number of methoxy groups -OCH3 is 3. The van der Waals surface area contributed by atoms with Crippen LogP contribution in [0.25, 0.3) is 17.0 Å². The Kier molecular flexibility index (Phi) is 15.4. The summed E-state index contributed by atoms with van der Waals surface area (Å²) in [6.45, 7) is 1.57. The molecule has 0 N–H and O–H groups in total. The maximum atomic E-state index is 13.7. The van der Waals surface area contributed by atoms with E-state index < -0.39 is 10.0 Å². The van der Waals surface area contributed by atoms with Crippen LogP contribution >= 0.6 is 0 Å². The minimum absolute atomic E-state index is 0.182. The van der Waals surface area contributed by atoms with Gasteiger partial charge in [0.15, 0.2) is 11.5 Å². The van der Waals surface area contributed by atoms with E-state index in [0.717, 1.165) is 38.0 Å². The van der Waals surface area contributed by atoms with Gasteiger partial charge in [-0.15, -0.1) is 0 Å². The molecule has 8 heteroatoms. The van der Waals surface area contributed by atoms with Crippen LogP contribution in [-0.4, -0.2) is 40.3 Å². The first-order chi connectivity index (χ1) is 23.5. The average molecular weight is 676 g/mol. The quantitative estimate of drug-likeness (QED) is 0.0729. The largest absolute Gasteiger partial charge is 0.497 e. The molecule has 0 spiro atoms. The van der Waals surface area contributed by atoms with E-state index in [1.165, 1.54) is 73.7 Å². The summed E-state index contributed by atoms with van der Waals surface area (Å²) in [4.78, 5) is 0.182. The Labute approximate surface area is 287 Å². The number of allylic oxidation sites excluding steroid dienone is 1. The van der Waals surface area contributed by atoms with Crippen LogP contribution in [0, 0.1) is 0 Å². The molecule has 4 rings (SSSR count). The number of ether oxygens (including phenoxy) is 4. The second-order valence-corrected chi connectivity index (χ2v) is 14.0. The maximum absolute atomic E-state index is 13.7. The van der Waals surface area contributed by atoms with Gasteiger partial charge >= 0.3 is 0 Å². The van der Waals surface area contributed by atoms with Crippen molar-refractivity contribution < 1.29 is 27.4 Å². The molecule has 0 aliphatic heterocycles. The number of nitrogens with zero attached hydrogens (tertiary/aromatic N) is 1. The molecule has 0 saturated carbocycles. The predicted molar refractivity (Wildman–Crippen MR) is 196 cm³/mol. The Morgan fingerprint density at radius 2 is 1.29 bits per heavy atom. The monoisotopic (exact) mass is 675 g/mol. The number of rotatable bonds is 23. The zero-order valence-electron chi connectivity index (χ0n) is 29.0. The number of aromatic nitrogens is 1. The second kappa shape index (κ2) is 19.9. The van der Waals surface area contributed by atoms with E-state index in [4.69, 9.17) is 18.9 Å². The summed E-state index contributed by atoms with van der Waals surface area (Å²) in [6, 6.07) is 20.3. The molecule has 0 amide bonds. The minimum Gasteiger partial charge on any atom is -0.497 e. The molecule has 0 unspecified atom stereocenters. The summed E-state index contributed by atoms with van der Waals surface area (Å²) in [6.07, 6.45) is 21.9. The smallest absolute Gasteiger partial charge is 0.268 e. The lowest BCUT2D eigenvalue weighted by atomic mass is 10.0. The fourth-order valence-corrected chi connectivity index (χ4v) is 7.41. The molecule has 0 radical (unpaired) electrons. The van der Waals surface area contributed by atoms with Gasteiger partial charge in [0.25, 0.3) is 10.0 Å². The first-order valence-corrected chi connectivity index (χ1v) is 18.9. The highest BCUT2D eigenvalue weighted by Crippen LogP contribution is 2.40. The topological polar surface area (TPSA) is 76.0 Å². The van der Waals surface area contributed by atoms with Gasteiger partial charge in [-0.25, -0.2) is 12.4 Å². The fourth-order valence-electron chi connectivity index (χ4n) is 6.03. The Morgan fingerprint density at radius 1 is 0.667 bits per heavy atom. The van der Waals surface area contributed by atoms with Gasteiger partial charge in [0, 0.05) is 18.4 Å². The molecule has 0 aliphatic rings. The van der Waals surface area contributed by atoms with Crippen molar-refractivity contribution in [2.45, 2.75) is 95.0 Å². The van der Waals surface area contributed by atoms with E-state index in [0.29, 0.717) is 28.2 Å². The molecule has 4 aromatic rings. The van der Waals surface area contributed by atoms with Crippen molar-refractivity contribution in [2.75, 3.05) is 27.9 Å². The van der Waals surface area contributed by atoms with E-state index in [1.807, 2.05) is 12.1 Å². The first kappa shape index (κ1) is 37.1. The van der Waals surface area contributed by atoms with Gasteiger partial charge in [-0.1, -0.05) is 107 Å². The van der Waals surface area contributed by atoms with Crippen molar-refractivity contribution in [3.8, 4) is 17.2 Å². The summed E-state index contributed by atoms with van der Waals surface area (Å²) in [5.74, 6) is 1.67. The van der Waals surface area contributed by atoms with E-state index >= 15 is 0 Å². The molecular weight excluding hydrogens is 623 g/mol. The van der Waals surface area contributed by atoms with Gasteiger partial charge in [0.1, 0.15) is 5.75 Å². The standard InChI is InChI=1S/C40H53NO6S/c1-44-35-24-26-36(27-25-35)48(42,43)41-31-34(39-37(41)28-29-38(45-2)40(39)46-3)23-19-14-12-10-8-6-4-5-7-9-11-13-15-20-30-47-32-33-21-17-16-18-22-33/h16-19,21-29,31H,4-15,20,30,32H2,1-3H3/b23-19-. The van der Waals surface area contributed by atoms with Gasteiger partial charge in [-0.2, -0.15) is 0 Å². The van der Waals surface area contributed by atoms with Crippen molar-refractivity contribution in [1.82, 2.24) is 3.97 Å². The van der Waals surface area contributed by atoms with Gasteiger partial charge in [-0.05, 0) is 61.2 Å². The van der Waals surface area contributed by atoms with Crippen LogP contribution in [0.3, 0.4) is 0 Å². The van der Waals surface area contributed by atoms with E-state index in [2.05, 4.69) is 30.3 Å². The third kappa shape index (κ3) is 10.6. The van der Waals surface area contributed by atoms with Crippen LogP contribution in [0.5, 0.6) is 17.2 Å². The Bertz CT molecular complexity index is 1640. The zero-order valence-corrected chi connectivity index (χ0v) is 29.8. The zero-order chi connectivity index (χ0) is 34.0. The average Bonchev–Trinajstić information content (AvgIpc) is 3.50. The summed E-state index contributed by atoms with van der Waals surface area (Å²) < 4.78 is 51.0. The molecular formula is C40H53NO6S. The fraction of sp³-hybridized carbons (Fsp3) is 0.450. The van der Waals surface area contributed by atoms with Crippen LogP contribution in [0.4, 0.5) is 0 Å². The third-order valence-corrected chi connectivity index (χ3v) is 10.4.